The van der Waals surface area contributed by atoms with Gasteiger partial charge >= 0.3 is 12.1 Å². The monoisotopic (exact) mass is 361 g/mol. The molecule has 26 heavy (non-hydrogen) atoms. The van der Waals surface area contributed by atoms with Crippen molar-refractivity contribution in [3.63, 3.8) is 0 Å². The molecule has 2 fully saturated rings. The highest BCUT2D eigenvalue weighted by Crippen LogP contribution is 2.46. The summed E-state index contributed by atoms with van der Waals surface area (Å²) in [6, 6.07) is 8.87. The van der Waals surface area contributed by atoms with Crippen molar-refractivity contribution in [2.45, 2.75) is 57.8 Å². The van der Waals surface area contributed by atoms with E-state index in [2.05, 4.69) is 0 Å². The lowest BCUT2D eigenvalue weighted by Gasteiger charge is -2.35. The number of amides is 1. The predicted octanol–water partition coefficient (Wildman–Crippen LogP) is 2.88. The van der Waals surface area contributed by atoms with Gasteiger partial charge in [-0.1, -0.05) is 30.3 Å². The number of likely N-dealkylation sites (tertiary alicyclic amines) is 1. The minimum atomic E-state index is -0.603. The quantitative estimate of drug-likeness (QED) is 0.835. The average Bonchev–Trinajstić information content (AvgIpc) is 3.03. The van der Waals surface area contributed by atoms with Gasteiger partial charge in [0.1, 0.15) is 12.6 Å². The number of aliphatic hydroxyl groups excluding tert-OH is 1. The van der Waals surface area contributed by atoms with Gasteiger partial charge in [0, 0.05) is 6.54 Å². The van der Waals surface area contributed by atoms with Crippen molar-refractivity contribution in [3.8, 4) is 0 Å². The third kappa shape index (κ3) is 4.18. The van der Waals surface area contributed by atoms with E-state index in [0.717, 1.165) is 18.4 Å². The van der Waals surface area contributed by atoms with Gasteiger partial charge in [0.2, 0.25) is 0 Å². The van der Waals surface area contributed by atoms with Crippen LogP contribution < -0.4 is 0 Å². The Balaban J connectivity index is 1.69. The molecular weight excluding hydrogens is 334 g/mol. The maximum Gasteiger partial charge on any atom is 0.410 e. The van der Waals surface area contributed by atoms with E-state index >= 15 is 0 Å². The molecule has 0 radical (unpaired) electrons. The van der Waals surface area contributed by atoms with Crippen LogP contribution >= 0.6 is 0 Å². The van der Waals surface area contributed by atoms with Gasteiger partial charge in [0.25, 0.3) is 0 Å². The molecule has 1 aliphatic heterocycles. The van der Waals surface area contributed by atoms with Crippen molar-refractivity contribution in [2.24, 2.45) is 5.41 Å². The maximum absolute atomic E-state index is 12.7. The van der Waals surface area contributed by atoms with Crippen LogP contribution in [0.5, 0.6) is 0 Å². The van der Waals surface area contributed by atoms with Crippen molar-refractivity contribution in [2.75, 3.05) is 13.2 Å². The lowest BCUT2D eigenvalue weighted by molar-refractivity contribution is -0.148. The third-order valence-corrected chi connectivity index (χ3v) is 5.52. The molecule has 1 aromatic carbocycles. The highest BCUT2D eigenvalue weighted by Gasteiger charge is 2.50. The number of carbonyl (C=O) groups excluding carboxylic acids is 2. The third-order valence-electron chi connectivity index (χ3n) is 5.52. The number of nitrogens with zero attached hydrogens (tertiary/aromatic N) is 1. The fraction of sp³-hybridized carbons (Fsp3) is 0.600. The topological polar surface area (TPSA) is 76.1 Å². The lowest BCUT2D eigenvalue weighted by atomic mass is 9.72. The molecule has 1 amide bonds. The van der Waals surface area contributed by atoms with E-state index in [1.807, 2.05) is 30.3 Å². The molecule has 1 saturated carbocycles. The van der Waals surface area contributed by atoms with Crippen LogP contribution in [0.1, 0.15) is 44.6 Å². The molecule has 1 heterocycles. The van der Waals surface area contributed by atoms with Crippen molar-refractivity contribution >= 4 is 12.1 Å². The van der Waals surface area contributed by atoms with Crippen molar-refractivity contribution in [1.29, 1.82) is 0 Å². The van der Waals surface area contributed by atoms with Crippen molar-refractivity contribution < 1.29 is 24.2 Å². The molecule has 6 nitrogen and oxygen atoms in total. The minimum Gasteiger partial charge on any atom is -0.464 e. The number of hydrogen-bond acceptors (Lipinski definition) is 5. The fourth-order valence-corrected chi connectivity index (χ4v) is 4.08. The van der Waals surface area contributed by atoms with Gasteiger partial charge in [-0.05, 0) is 50.0 Å². The first-order valence-corrected chi connectivity index (χ1v) is 9.35. The number of hydrogen-bond donors (Lipinski definition) is 1. The summed E-state index contributed by atoms with van der Waals surface area (Å²) < 4.78 is 10.6. The molecule has 1 spiro atoms. The Morgan fingerprint density at radius 2 is 1.88 bits per heavy atom. The molecule has 6 heteroatoms. The van der Waals surface area contributed by atoms with Crippen LogP contribution in [0, 0.1) is 5.41 Å². The Hall–Kier alpha value is -2.08. The Kier molecular flexibility index (Phi) is 5.81. The first kappa shape index (κ1) is 18.7. The van der Waals surface area contributed by atoms with Gasteiger partial charge in [0.05, 0.1) is 12.7 Å². The van der Waals surface area contributed by atoms with E-state index in [0.29, 0.717) is 25.8 Å². The molecule has 3 rings (SSSR count). The SMILES string of the molecule is CCOC(=O)C1CC2(CCC(O)CC2)CN1C(=O)OCc1ccccc1. The van der Waals surface area contributed by atoms with Crippen LogP contribution in [0.3, 0.4) is 0 Å². The summed E-state index contributed by atoms with van der Waals surface area (Å²) in [5.74, 6) is -0.368. The number of aliphatic hydroxyl groups is 1. The van der Waals surface area contributed by atoms with E-state index in [9.17, 15) is 14.7 Å². The Bertz CT molecular complexity index is 624. The summed E-state index contributed by atoms with van der Waals surface area (Å²) in [6.45, 7) is 2.71. The van der Waals surface area contributed by atoms with Gasteiger partial charge in [0.15, 0.2) is 0 Å². The van der Waals surface area contributed by atoms with Gasteiger partial charge in [-0.15, -0.1) is 0 Å². The highest BCUT2D eigenvalue weighted by molar-refractivity contribution is 5.82. The van der Waals surface area contributed by atoms with E-state index < -0.39 is 12.1 Å². The minimum absolute atomic E-state index is 0.123. The molecule has 1 atom stereocenters. The second-order valence-electron chi connectivity index (χ2n) is 7.37. The number of esters is 1. The molecule has 2 aliphatic rings. The van der Waals surface area contributed by atoms with Crippen molar-refractivity contribution in [1.82, 2.24) is 4.90 Å². The van der Waals surface area contributed by atoms with Crippen molar-refractivity contribution in [3.05, 3.63) is 35.9 Å². The molecule has 1 aromatic rings. The Morgan fingerprint density at radius 3 is 2.54 bits per heavy atom. The average molecular weight is 361 g/mol. The fourth-order valence-electron chi connectivity index (χ4n) is 4.08. The molecule has 1 unspecified atom stereocenters. The van der Waals surface area contributed by atoms with Crippen LogP contribution in [0.2, 0.25) is 0 Å². The molecule has 142 valence electrons. The standard InChI is InChI=1S/C20H27NO5/c1-2-25-18(23)17-12-20(10-8-16(22)9-11-20)14-21(17)19(24)26-13-15-6-4-3-5-7-15/h3-7,16-17,22H,2,8-14H2,1H3. The zero-order valence-electron chi connectivity index (χ0n) is 15.2. The molecule has 1 aliphatic carbocycles. The molecule has 0 aromatic heterocycles. The molecular formula is C20H27NO5. The molecule has 1 N–H and O–H groups in total. The normalized spacial score (nSPS) is 28.2. The van der Waals surface area contributed by atoms with Crippen LogP contribution in [-0.4, -0.2) is 47.4 Å². The number of rotatable bonds is 4. The van der Waals surface area contributed by atoms with Gasteiger partial charge in [-0.2, -0.15) is 0 Å². The number of ether oxygens (including phenoxy) is 2. The van der Waals surface area contributed by atoms with E-state index in [4.69, 9.17) is 9.47 Å². The van der Waals surface area contributed by atoms with E-state index in [1.54, 1.807) is 6.92 Å². The smallest absolute Gasteiger partial charge is 0.410 e. The van der Waals surface area contributed by atoms with Crippen LogP contribution in [-0.2, 0) is 20.9 Å². The first-order chi connectivity index (χ1) is 12.5. The predicted molar refractivity (Wildman–Crippen MR) is 95.3 cm³/mol. The number of benzene rings is 1. The van der Waals surface area contributed by atoms with Gasteiger partial charge < -0.3 is 14.6 Å². The second-order valence-corrected chi connectivity index (χ2v) is 7.37. The second kappa shape index (κ2) is 8.08. The van der Waals surface area contributed by atoms with Crippen LogP contribution in [0.15, 0.2) is 30.3 Å². The first-order valence-electron chi connectivity index (χ1n) is 9.35. The largest absolute Gasteiger partial charge is 0.464 e. The Morgan fingerprint density at radius 1 is 1.19 bits per heavy atom. The number of carbonyl (C=O) groups is 2. The van der Waals surface area contributed by atoms with Crippen LogP contribution in [0.4, 0.5) is 4.79 Å². The summed E-state index contributed by atoms with van der Waals surface area (Å²) in [5, 5.41) is 9.80. The lowest BCUT2D eigenvalue weighted by Crippen LogP contribution is -2.42. The van der Waals surface area contributed by atoms with Gasteiger partial charge in [-0.3, -0.25) is 4.90 Å². The highest BCUT2D eigenvalue weighted by atomic mass is 16.6. The Labute approximate surface area is 154 Å². The maximum atomic E-state index is 12.7. The summed E-state index contributed by atoms with van der Waals surface area (Å²) >= 11 is 0. The van der Waals surface area contributed by atoms with Crippen LogP contribution in [0.25, 0.3) is 0 Å². The summed E-state index contributed by atoms with van der Waals surface area (Å²) in [4.78, 5) is 26.6. The zero-order valence-corrected chi connectivity index (χ0v) is 15.2. The molecule has 0 bridgehead atoms. The molecule has 1 saturated heterocycles. The summed E-state index contributed by atoms with van der Waals surface area (Å²) in [5.41, 5.74) is 0.783. The summed E-state index contributed by atoms with van der Waals surface area (Å²) in [6.07, 6.45) is 2.87. The van der Waals surface area contributed by atoms with E-state index in [1.165, 1.54) is 4.90 Å². The summed E-state index contributed by atoms with van der Waals surface area (Å²) in [7, 11) is 0. The zero-order chi connectivity index (χ0) is 18.6. The van der Waals surface area contributed by atoms with E-state index in [-0.39, 0.29) is 30.7 Å². The van der Waals surface area contributed by atoms with Gasteiger partial charge in [-0.25, -0.2) is 9.59 Å².